The predicted octanol–water partition coefficient (Wildman–Crippen LogP) is 4.01. The fourth-order valence-electron chi connectivity index (χ4n) is 2.66. The molecule has 0 saturated heterocycles. The summed E-state index contributed by atoms with van der Waals surface area (Å²) in [6.07, 6.45) is 1.02. The van der Waals surface area contributed by atoms with Crippen molar-refractivity contribution >= 4 is 17.0 Å². The smallest absolute Gasteiger partial charge is 0.190 e. The number of nitrogens with zero attached hydrogens (tertiary/aromatic N) is 2. The molecule has 1 aromatic heterocycles. The lowest BCUT2D eigenvalue weighted by Crippen LogP contribution is -2.17. The van der Waals surface area contributed by atoms with Crippen LogP contribution in [-0.4, -0.2) is 23.4 Å². The van der Waals surface area contributed by atoms with Gasteiger partial charge in [0.05, 0.1) is 25.1 Å². The summed E-state index contributed by atoms with van der Waals surface area (Å²) in [4.78, 5) is 5.63. The van der Waals surface area contributed by atoms with E-state index in [-0.39, 0.29) is 6.61 Å². The largest absolute Gasteiger partial charge is 0.497 e. The Hall–Kier alpha value is -2.37. The lowest BCUT2D eigenvalue weighted by Gasteiger charge is -2.09. The van der Waals surface area contributed by atoms with Gasteiger partial charge in [-0.1, -0.05) is 31.2 Å². The number of aliphatic hydroxyl groups is 1. The van der Waals surface area contributed by atoms with E-state index in [0.29, 0.717) is 6.54 Å². The number of methoxy groups -OCH3 is 1. The number of aliphatic hydroxyl groups excluding tert-OH is 1. The highest BCUT2D eigenvalue weighted by atomic mass is 32.1. The molecule has 0 radical (unpaired) electrons. The highest BCUT2D eigenvalue weighted by Gasteiger charge is 2.09. The second-order valence-corrected chi connectivity index (χ2v) is 6.48. The fraction of sp³-hybridized carbons (Fsp3) is 0.250. The molecular formula is C20H22N2O2S. The van der Waals surface area contributed by atoms with E-state index in [1.165, 1.54) is 5.56 Å². The third-order valence-electron chi connectivity index (χ3n) is 4.06. The van der Waals surface area contributed by atoms with Crippen LogP contribution in [0.5, 0.6) is 5.75 Å². The number of hydrogen-bond donors (Lipinski definition) is 1. The molecule has 3 rings (SSSR count). The summed E-state index contributed by atoms with van der Waals surface area (Å²) in [5.41, 5.74) is 4.29. The molecular weight excluding hydrogens is 332 g/mol. The molecule has 5 heteroatoms. The zero-order valence-electron chi connectivity index (χ0n) is 14.5. The van der Waals surface area contributed by atoms with Crippen LogP contribution in [0.3, 0.4) is 0 Å². The second kappa shape index (κ2) is 8.14. The average Bonchev–Trinajstić information content (AvgIpc) is 3.05. The van der Waals surface area contributed by atoms with E-state index < -0.39 is 0 Å². The molecule has 0 atom stereocenters. The molecule has 3 aromatic rings. The van der Waals surface area contributed by atoms with E-state index in [1.54, 1.807) is 18.4 Å². The molecule has 0 bridgehead atoms. The maximum absolute atomic E-state index is 9.49. The Morgan fingerprint density at radius 1 is 1.16 bits per heavy atom. The first-order valence-electron chi connectivity index (χ1n) is 8.32. The van der Waals surface area contributed by atoms with Crippen molar-refractivity contribution in [2.45, 2.75) is 19.9 Å². The van der Waals surface area contributed by atoms with Crippen molar-refractivity contribution in [1.82, 2.24) is 4.57 Å². The molecule has 4 nitrogen and oxygen atoms in total. The maximum atomic E-state index is 9.49. The molecule has 0 aliphatic rings. The molecule has 0 saturated carbocycles. The molecule has 1 heterocycles. The maximum Gasteiger partial charge on any atom is 0.190 e. The van der Waals surface area contributed by atoms with Gasteiger partial charge in [0.25, 0.3) is 0 Å². The molecule has 0 fully saturated rings. The standard InChI is InChI=1S/C20H22N2O2S/c1-3-15-7-9-17(10-8-15)21-20-22(11-12-23)19(14-25-20)16-5-4-6-18(13-16)24-2/h4-10,13-14,23H,3,11-12H2,1-2H3. The third-order valence-corrected chi connectivity index (χ3v) is 4.92. The summed E-state index contributed by atoms with van der Waals surface area (Å²) >= 11 is 1.57. The van der Waals surface area contributed by atoms with Crippen LogP contribution in [0, 0.1) is 0 Å². The van der Waals surface area contributed by atoms with E-state index in [0.717, 1.165) is 33.9 Å². The van der Waals surface area contributed by atoms with Crippen molar-refractivity contribution in [3.8, 4) is 17.0 Å². The van der Waals surface area contributed by atoms with Crippen LogP contribution in [0.1, 0.15) is 12.5 Å². The number of ether oxygens (including phenoxy) is 1. The van der Waals surface area contributed by atoms with Gasteiger partial charge < -0.3 is 14.4 Å². The Morgan fingerprint density at radius 3 is 2.64 bits per heavy atom. The summed E-state index contributed by atoms with van der Waals surface area (Å²) in [5.74, 6) is 0.813. The summed E-state index contributed by atoms with van der Waals surface area (Å²) in [7, 11) is 1.66. The minimum absolute atomic E-state index is 0.0651. The van der Waals surface area contributed by atoms with Crippen molar-refractivity contribution in [2.75, 3.05) is 13.7 Å². The molecule has 2 aromatic carbocycles. The van der Waals surface area contributed by atoms with Gasteiger partial charge in [-0.3, -0.25) is 0 Å². The fourth-order valence-corrected chi connectivity index (χ4v) is 3.62. The minimum Gasteiger partial charge on any atom is -0.497 e. The molecule has 0 amide bonds. The van der Waals surface area contributed by atoms with Crippen molar-refractivity contribution in [3.05, 3.63) is 64.3 Å². The van der Waals surface area contributed by atoms with Crippen LogP contribution in [-0.2, 0) is 13.0 Å². The summed E-state index contributed by atoms with van der Waals surface area (Å²) in [5, 5.41) is 11.6. The zero-order valence-corrected chi connectivity index (χ0v) is 15.3. The number of thiazole rings is 1. The van der Waals surface area contributed by atoms with Gasteiger partial charge in [-0.25, -0.2) is 4.99 Å². The van der Waals surface area contributed by atoms with Crippen LogP contribution in [0.4, 0.5) is 5.69 Å². The first-order valence-corrected chi connectivity index (χ1v) is 9.20. The van der Waals surface area contributed by atoms with Gasteiger partial charge in [-0.15, -0.1) is 11.3 Å². The lowest BCUT2D eigenvalue weighted by molar-refractivity contribution is 0.275. The average molecular weight is 354 g/mol. The highest BCUT2D eigenvalue weighted by molar-refractivity contribution is 7.07. The van der Waals surface area contributed by atoms with Gasteiger partial charge in [0.2, 0.25) is 0 Å². The summed E-state index contributed by atoms with van der Waals surface area (Å²) < 4.78 is 7.37. The normalized spacial score (nSPS) is 11.7. The van der Waals surface area contributed by atoms with Crippen LogP contribution in [0.25, 0.3) is 11.3 Å². The third kappa shape index (κ3) is 4.00. The molecule has 0 aliphatic carbocycles. The van der Waals surface area contributed by atoms with E-state index in [9.17, 15) is 5.11 Å². The Bertz CT molecular complexity index is 895. The monoisotopic (exact) mass is 354 g/mol. The lowest BCUT2D eigenvalue weighted by atomic mass is 10.1. The van der Waals surface area contributed by atoms with Gasteiger partial charge in [0.15, 0.2) is 4.80 Å². The van der Waals surface area contributed by atoms with Crippen molar-refractivity contribution in [2.24, 2.45) is 4.99 Å². The Labute approximate surface area is 151 Å². The van der Waals surface area contributed by atoms with E-state index >= 15 is 0 Å². The van der Waals surface area contributed by atoms with Gasteiger partial charge >= 0.3 is 0 Å². The van der Waals surface area contributed by atoms with Gasteiger partial charge in [-0.2, -0.15) is 0 Å². The van der Waals surface area contributed by atoms with Crippen LogP contribution in [0.15, 0.2) is 58.9 Å². The number of aromatic nitrogens is 1. The second-order valence-electron chi connectivity index (χ2n) is 5.64. The van der Waals surface area contributed by atoms with Crippen molar-refractivity contribution in [3.63, 3.8) is 0 Å². The molecule has 130 valence electrons. The Morgan fingerprint density at radius 2 is 1.96 bits per heavy atom. The first-order chi connectivity index (χ1) is 12.2. The van der Waals surface area contributed by atoms with Crippen molar-refractivity contribution in [1.29, 1.82) is 0 Å². The van der Waals surface area contributed by atoms with Crippen LogP contribution >= 0.6 is 11.3 Å². The number of benzene rings is 2. The molecule has 0 aliphatic heterocycles. The summed E-state index contributed by atoms with van der Waals surface area (Å²) in [6.45, 7) is 2.71. The minimum atomic E-state index is 0.0651. The predicted molar refractivity (Wildman–Crippen MR) is 102 cm³/mol. The van der Waals surface area contributed by atoms with Gasteiger partial charge in [0, 0.05) is 17.5 Å². The van der Waals surface area contributed by atoms with E-state index in [4.69, 9.17) is 9.73 Å². The van der Waals surface area contributed by atoms with Gasteiger partial charge in [-0.05, 0) is 36.2 Å². The summed E-state index contributed by atoms with van der Waals surface area (Å²) in [6, 6.07) is 16.2. The van der Waals surface area contributed by atoms with Crippen LogP contribution in [0.2, 0.25) is 0 Å². The molecule has 0 unspecified atom stereocenters. The zero-order chi connectivity index (χ0) is 17.6. The Balaban J connectivity index is 2.05. The molecule has 0 spiro atoms. The first kappa shape index (κ1) is 17.5. The topological polar surface area (TPSA) is 46.8 Å². The van der Waals surface area contributed by atoms with Gasteiger partial charge in [0.1, 0.15) is 5.75 Å². The SMILES string of the molecule is CCc1ccc(N=c2scc(-c3cccc(OC)c3)n2CCO)cc1. The molecule has 25 heavy (non-hydrogen) atoms. The van der Waals surface area contributed by atoms with Crippen LogP contribution < -0.4 is 9.54 Å². The van der Waals surface area contributed by atoms with Crippen molar-refractivity contribution < 1.29 is 9.84 Å². The van der Waals surface area contributed by atoms with E-state index in [2.05, 4.69) is 24.4 Å². The number of aryl methyl sites for hydroxylation is 1. The Kier molecular flexibility index (Phi) is 5.68. The highest BCUT2D eigenvalue weighted by Crippen LogP contribution is 2.24. The number of hydrogen-bond acceptors (Lipinski definition) is 4. The molecule has 1 N–H and O–H groups in total. The number of rotatable bonds is 6. The van der Waals surface area contributed by atoms with E-state index in [1.807, 2.05) is 41.0 Å². The quantitative estimate of drug-likeness (QED) is 0.727.